The molecule has 0 heterocycles. The van der Waals surface area contributed by atoms with Crippen LogP contribution in [0.3, 0.4) is 0 Å². The van der Waals surface area contributed by atoms with Gasteiger partial charge in [-0.1, -0.05) is 26.8 Å². The predicted molar refractivity (Wildman–Crippen MR) is 116 cm³/mol. The Hall–Kier alpha value is -1.86. The third-order valence-corrected chi connectivity index (χ3v) is 10.0. The van der Waals surface area contributed by atoms with Gasteiger partial charge >= 0.3 is 5.97 Å². The van der Waals surface area contributed by atoms with Gasteiger partial charge in [0, 0.05) is 19.1 Å². The predicted octanol–water partition coefficient (Wildman–Crippen LogP) is 4.41. The van der Waals surface area contributed by atoms with Crippen molar-refractivity contribution in [3.05, 3.63) is 23.8 Å². The Morgan fingerprint density at radius 1 is 1.10 bits per heavy atom. The fourth-order valence-corrected chi connectivity index (χ4v) is 3.62. The molecular weight excluding hydrogens is 388 g/mol. The van der Waals surface area contributed by atoms with Gasteiger partial charge in [-0.25, -0.2) is 0 Å². The zero-order valence-corrected chi connectivity index (χ0v) is 20.1. The van der Waals surface area contributed by atoms with Crippen molar-refractivity contribution in [3.63, 3.8) is 0 Å². The number of Topliss-reactive ketones (excluding diaryl/α,β-unsaturated/α-hetero) is 1. The van der Waals surface area contributed by atoms with Gasteiger partial charge in [0.25, 0.3) is 0 Å². The molecule has 0 spiro atoms. The largest absolute Gasteiger partial charge is 0.496 e. The number of esters is 1. The molecule has 0 aromatic heterocycles. The molecule has 1 rings (SSSR count). The normalized spacial score (nSPS) is 13.0. The van der Waals surface area contributed by atoms with Gasteiger partial charge in [0.2, 0.25) is 0 Å². The molecule has 0 bridgehead atoms. The number of carbonyl (C=O) groups excluding carboxylic acids is 2. The van der Waals surface area contributed by atoms with E-state index in [1.807, 2.05) is 12.1 Å². The zero-order chi connectivity index (χ0) is 22.2. The molecule has 0 aliphatic rings. The summed E-state index contributed by atoms with van der Waals surface area (Å²) in [5.41, 5.74) is 0.756. The quantitative estimate of drug-likeness (QED) is 0.227. The first-order valence-electron chi connectivity index (χ1n) is 9.95. The topological polar surface area (TPSA) is 71.1 Å². The van der Waals surface area contributed by atoms with E-state index in [2.05, 4.69) is 33.9 Å². The van der Waals surface area contributed by atoms with E-state index in [1.165, 1.54) is 14.0 Å². The van der Waals surface area contributed by atoms with Crippen molar-refractivity contribution < 1.29 is 28.2 Å². The third kappa shape index (κ3) is 7.47. The van der Waals surface area contributed by atoms with Gasteiger partial charge in [0.15, 0.2) is 8.32 Å². The minimum absolute atomic E-state index is 0.193. The van der Waals surface area contributed by atoms with Gasteiger partial charge in [-0.15, -0.1) is 0 Å². The lowest BCUT2D eigenvalue weighted by Gasteiger charge is -2.36. The van der Waals surface area contributed by atoms with Crippen molar-refractivity contribution in [2.75, 3.05) is 27.4 Å². The van der Waals surface area contributed by atoms with E-state index < -0.39 is 20.2 Å². The number of hydrogen-bond acceptors (Lipinski definition) is 6. The molecule has 29 heavy (non-hydrogen) atoms. The van der Waals surface area contributed by atoms with E-state index in [0.717, 1.165) is 12.0 Å². The van der Waals surface area contributed by atoms with Gasteiger partial charge in [0.05, 0.1) is 20.8 Å². The number of ketones is 1. The van der Waals surface area contributed by atoms with Crippen LogP contribution in [-0.2, 0) is 25.2 Å². The van der Waals surface area contributed by atoms with Crippen LogP contribution in [0.1, 0.15) is 39.7 Å². The Morgan fingerprint density at radius 2 is 1.76 bits per heavy atom. The van der Waals surface area contributed by atoms with E-state index in [-0.39, 0.29) is 17.2 Å². The molecule has 1 atom stereocenters. The summed E-state index contributed by atoms with van der Waals surface area (Å²) in [6.45, 7) is 13.7. The molecule has 6 nitrogen and oxygen atoms in total. The average molecular weight is 425 g/mol. The molecule has 0 saturated heterocycles. The summed E-state index contributed by atoms with van der Waals surface area (Å²) in [7, 11) is 1.10. The molecule has 1 aromatic carbocycles. The highest BCUT2D eigenvalue weighted by Gasteiger charge is 2.36. The van der Waals surface area contributed by atoms with Crippen LogP contribution in [-0.4, -0.2) is 47.5 Å². The van der Waals surface area contributed by atoms with Crippen LogP contribution >= 0.6 is 0 Å². The SMILES string of the molecule is COC(=O)[C@@H](Cc1ccc(OCCCO[Si](C)(C)C(C)(C)C)cc1OC)C(C)=O. The van der Waals surface area contributed by atoms with E-state index in [0.29, 0.717) is 24.7 Å². The Kier molecular flexibility index (Phi) is 9.36. The Morgan fingerprint density at radius 3 is 2.28 bits per heavy atom. The second-order valence-electron chi connectivity index (χ2n) is 8.67. The number of ether oxygens (including phenoxy) is 3. The number of hydrogen-bond donors (Lipinski definition) is 0. The van der Waals surface area contributed by atoms with Gasteiger partial charge in [-0.2, -0.15) is 0 Å². The van der Waals surface area contributed by atoms with Crippen molar-refractivity contribution in [2.45, 2.75) is 58.7 Å². The summed E-state index contributed by atoms with van der Waals surface area (Å²) in [5.74, 6) is -0.360. The molecule has 0 radical (unpaired) electrons. The van der Waals surface area contributed by atoms with Crippen LogP contribution < -0.4 is 9.47 Å². The molecule has 0 amide bonds. The first-order valence-corrected chi connectivity index (χ1v) is 12.9. The molecule has 1 aromatic rings. The number of benzene rings is 1. The van der Waals surface area contributed by atoms with Crippen LogP contribution in [0.5, 0.6) is 11.5 Å². The second-order valence-corrected chi connectivity index (χ2v) is 13.5. The first-order chi connectivity index (χ1) is 13.4. The van der Waals surface area contributed by atoms with Crippen molar-refractivity contribution in [2.24, 2.45) is 5.92 Å². The van der Waals surface area contributed by atoms with Crippen LogP contribution in [0.4, 0.5) is 0 Å². The van der Waals surface area contributed by atoms with Crippen molar-refractivity contribution in [1.82, 2.24) is 0 Å². The summed E-state index contributed by atoms with van der Waals surface area (Å²) in [6.07, 6.45) is 1.02. The van der Waals surface area contributed by atoms with Crippen molar-refractivity contribution >= 4 is 20.1 Å². The molecule has 7 heteroatoms. The minimum Gasteiger partial charge on any atom is -0.496 e. The number of rotatable bonds is 11. The van der Waals surface area contributed by atoms with E-state index in [1.54, 1.807) is 13.2 Å². The number of methoxy groups -OCH3 is 2. The lowest BCUT2D eigenvalue weighted by Crippen LogP contribution is -2.41. The maximum absolute atomic E-state index is 11.8. The summed E-state index contributed by atoms with van der Waals surface area (Å²) in [5, 5.41) is 0.193. The van der Waals surface area contributed by atoms with E-state index >= 15 is 0 Å². The Bertz CT molecular complexity index is 693. The molecule has 164 valence electrons. The van der Waals surface area contributed by atoms with Crippen LogP contribution in [0.25, 0.3) is 0 Å². The molecular formula is C22H36O6Si. The van der Waals surface area contributed by atoms with Crippen molar-refractivity contribution in [3.8, 4) is 11.5 Å². The number of carbonyl (C=O) groups is 2. The summed E-state index contributed by atoms with van der Waals surface area (Å²) >= 11 is 0. The third-order valence-electron chi connectivity index (χ3n) is 5.49. The summed E-state index contributed by atoms with van der Waals surface area (Å²) in [4.78, 5) is 23.6. The molecule has 0 N–H and O–H groups in total. The maximum Gasteiger partial charge on any atom is 0.316 e. The first kappa shape index (κ1) is 25.2. The van der Waals surface area contributed by atoms with Crippen LogP contribution in [0, 0.1) is 5.92 Å². The second kappa shape index (κ2) is 10.8. The maximum atomic E-state index is 11.8. The highest BCUT2D eigenvalue weighted by atomic mass is 28.4. The van der Waals surface area contributed by atoms with Gasteiger partial charge in [-0.3, -0.25) is 9.59 Å². The van der Waals surface area contributed by atoms with Gasteiger partial charge < -0.3 is 18.6 Å². The molecule has 0 aliphatic heterocycles. The van der Waals surface area contributed by atoms with Crippen LogP contribution in [0.15, 0.2) is 18.2 Å². The Labute approximate surface area is 176 Å². The smallest absolute Gasteiger partial charge is 0.316 e. The van der Waals surface area contributed by atoms with E-state index in [9.17, 15) is 9.59 Å². The highest BCUT2D eigenvalue weighted by Crippen LogP contribution is 2.36. The summed E-state index contributed by atoms with van der Waals surface area (Å²) in [6, 6.07) is 5.42. The standard InChI is InChI=1S/C22H36O6Si/c1-16(23)19(21(24)26-6)14-17-10-11-18(15-20(17)25-5)27-12-9-13-28-29(7,8)22(2,3)4/h10-11,15,19H,9,12-14H2,1-8H3/t19-/m0/s1. The lowest BCUT2D eigenvalue weighted by atomic mass is 9.95. The average Bonchev–Trinajstić information content (AvgIpc) is 2.64. The molecule has 0 unspecified atom stereocenters. The van der Waals surface area contributed by atoms with Gasteiger partial charge in [0.1, 0.15) is 23.2 Å². The lowest BCUT2D eigenvalue weighted by molar-refractivity contribution is -0.148. The highest BCUT2D eigenvalue weighted by molar-refractivity contribution is 6.74. The monoisotopic (exact) mass is 424 g/mol. The minimum atomic E-state index is -1.73. The zero-order valence-electron chi connectivity index (χ0n) is 19.1. The van der Waals surface area contributed by atoms with Gasteiger partial charge in [-0.05, 0) is 43.1 Å². The summed E-state index contributed by atoms with van der Waals surface area (Å²) < 4.78 is 22.1. The van der Waals surface area contributed by atoms with Crippen molar-refractivity contribution in [1.29, 1.82) is 0 Å². The molecule has 0 fully saturated rings. The molecule has 0 saturated carbocycles. The molecule has 0 aliphatic carbocycles. The fourth-order valence-electron chi connectivity index (χ4n) is 2.53. The fraction of sp³-hybridized carbons (Fsp3) is 0.636. The van der Waals surface area contributed by atoms with Crippen LogP contribution in [0.2, 0.25) is 18.1 Å². The van der Waals surface area contributed by atoms with E-state index in [4.69, 9.17) is 18.6 Å². The Balaban J connectivity index is 2.66.